The van der Waals surface area contributed by atoms with Crippen LogP contribution in [0.2, 0.25) is 0 Å². The fourth-order valence-electron chi connectivity index (χ4n) is 3.20. The van der Waals surface area contributed by atoms with Crippen LogP contribution in [0.15, 0.2) is 23.3 Å². The lowest BCUT2D eigenvalue weighted by Crippen LogP contribution is -2.25. The van der Waals surface area contributed by atoms with Crippen LogP contribution in [0.5, 0.6) is 0 Å². The largest absolute Gasteiger partial charge is 0.463 e. The summed E-state index contributed by atoms with van der Waals surface area (Å²) in [5.74, 6) is 0.191. The summed E-state index contributed by atoms with van der Waals surface area (Å²) in [4.78, 5) is 23.7. The number of hydrogen-bond acceptors (Lipinski definition) is 3. The van der Waals surface area contributed by atoms with Crippen LogP contribution < -0.4 is 0 Å². The van der Waals surface area contributed by atoms with Gasteiger partial charge < -0.3 is 4.74 Å². The molecule has 3 heteroatoms. The van der Waals surface area contributed by atoms with Gasteiger partial charge in [-0.2, -0.15) is 0 Å². The molecular formula is C20H32O3. The molecule has 0 heterocycles. The van der Waals surface area contributed by atoms with Crippen LogP contribution in [0.1, 0.15) is 79.1 Å². The quantitative estimate of drug-likeness (QED) is 0.353. The Kier molecular flexibility index (Phi) is 8.29. The van der Waals surface area contributed by atoms with E-state index in [0.29, 0.717) is 18.8 Å². The van der Waals surface area contributed by atoms with E-state index in [1.54, 1.807) is 0 Å². The lowest BCUT2D eigenvalue weighted by atomic mass is 9.72. The molecule has 0 spiro atoms. The number of carbonyl (C=O) groups excluding carboxylic acids is 2. The third-order valence-electron chi connectivity index (χ3n) is 4.50. The molecule has 0 aliphatic heterocycles. The zero-order valence-corrected chi connectivity index (χ0v) is 15.2. The Morgan fingerprint density at radius 3 is 2.61 bits per heavy atom. The molecule has 1 rings (SSSR count). The first-order valence-corrected chi connectivity index (χ1v) is 8.87. The summed E-state index contributed by atoms with van der Waals surface area (Å²) in [5, 5.41) is 0. The summed E-state index contributed by atoms with van der Waals surface area (Å²) < 4.78 is 5.16. The Hall–Kier alpha value is -1.38. The molecule has 23 heavy (non-hydrogen) atoms. The van der Waals surface area contributed by atoms with Gasteiger partial charge in [0.25, 0.3) is 0 Å². The molecule has 1 fully saturated rings. The molecule has 1 aliphatic rings. The maximum Gasteiger partial charge on any atom is 0.333 e. The highest BCUT2D eigenvalue weighted by Crippen LogP contribution is 2.38. The number of carbonyl (C=O) groups is 2. The van der Waals surface area contributed by atoms with E-state index in [1.807, 2.05) is 13.0 Å². The Balaban J connectivity index is 2.62. The van der Waals surface area contributed by atoms with E-state index in [4.69, 9.17) is 4.74 Å². The number of ether oxygens (including phenoxy) is 1. The van der Waals surface area contributed by atoms with Crippen molar-refractivity contribution < 1.29 is 14.3 Å². The number of allylic oxidation sites excluding steroid dienone is 3. The van der Waals surface area contributed by atoms with Gasteiger partial charge >= 0.3 is 5.97 Å². The smallest absolute Gasteiger partial charge is 0.333 e. The van der Waals surface area contributed by atoms with E-state index in [9.17, 15) is 9.59 Å². The average Bonchev–Trinajstić information content (AvgIpc) is 2.45. The molecule has 1 unspecified atom stereocenters. The third kappa shape index (κ3) is 7.62. The minimum Gasteiger partial charge on any atom is -0.463 e. The van der Waals surface area contributed by atoms with Crippen molar-refractivity contribution in [2.75, 3.05) is 6.61 Å². The Morgan fingerprint density at radius 1 is 1.26 bits per heavy atom. The molecule has 0 bridgehead atoms. The molecule has 0 amide bonds. The minimum atomic E-state index is -0.195. The van der Waals surface area contributed by atoms with Gasteiger partial charge in [0.1, 0.15) is 5.78 Å². The van der Waals surface area contributed by atoms with Crippen molar-refractivity contribution in [3.8, 4) is 0 Å². The van der Waals surface area contributed by atoms with E-state index >= 15 is 0 Å². The first kappa shape index (κ1) is 19.7. The lowest BCUT2D eigenvalue weighted by Gasteiger charge is -2.32. The van der Waals surface area contributed by atoms with Gasteiger partial charge in [-0.25, -0.2) is 4.79 Å². The third-order valence-corrected chi connectivity index (χ3v) is 4.50. The van der Waals surface area contributed by atoms with Gasteiger partial charge in [-0.3, -0.25) is 4.79 Å². The lowest BCUT2D eigenvalue weighted by molar-refractivity contribution is -0.138. The van der Waals surface area contributed by atoms with E-state index in [2.05, 4.69) is 26.8 Å². The summed E-state index contributed by atoms with van der Waals surface area (Å²) in [7, 11) is 0. The predicted molar refractivity (Wildman–Crippen MR) is 94.2 cm³/mol. The van der Waals surface area contributed by atoms with Gasteiger partial charge in [0.15, 0.2) is 0 Å². The summed E-state index contributed by atoms with van der Waals surface area (Å²) in [6.45, 7) is 8.57. The van der Waals surface area contributed by atoms with Crippen molar-refractivity contribution >= 4 is 11.8 Å². The highest BCUT2D eigenvalue weighted by molar-refractivity contribution is 5.88. The van der Waals surface area contributed by atoms with Crippen molar-refractivity contribution in [1.29, 1.82) is 0 Å². The van der Waals surface area contributed by atoms with Gasteiger partial charge in [-0.05, 0) is 64.7 Å². The first-order chi connectivity index (χ1) is 10.9. The van der Waals surface area contributed by atoms with Crippen LogP contribution >= 0.6 is 0 Å². The summed E-state index contributed by atoms with van der Waals surface area (Å²) >= 11 is 0. The number of esters is 1. The van der Waals surface area contributed by atoms with Crippen LogP contribution in [0.3, 0.4) is 0 Å². The second kappa shape index (κ2) is 9.69. The molecular weight excluding hydrogens is 288 g/mol. The van der Waals surface area contributed by atoms with Crippen LogP contribution in [0.25, 0.3) is 0 Å². The second-order valence-corrected chi connectivity index (χ2v) is 7.19. The van der Waals surface area contributed by atoms with Crippen molar-refractivity contribution in [3.05, 3.63) is 23.3 Å². The molecule has 0 saturated heterocycles. The average molecular weight is 320 g/mol. The summed E-state index contributed by atoms with van der Waals surface area (Å²) in [6, 6.07) is 0. The van der Waals surface area contributed by atoms with E-state index in [0.717, 1.165) is 50.5 Å². The Labute approximate surface area is 141 Å². The van der Waals surface area contributed by atoms with E-state index in [-0.39, 0.29) is 11.4 Å². The standard InChI is InChI=1S/C20H32O3/c1-5-23-19(22)17(10-6-9-16(2)3)11-7-13-20(4)14-8-12-18(21)15-20/h9,11H,5-8,10,12-15H2,1-4H3/b17-11+. The van der Waals surface area contributed by atoms with Crippen LogP contribution in [0, 0.1) is 5.41 Å². The molecule has 0 radical (unpaired) electrons. The van der Waals surface area contributed by atoms with E-state index < -0.39 is 0 Å². The number of Topliss-reactive ketones (excluding diaryl/α,β-unsaturated/α-hetero) is 1. The van der Waals surface area contributed by atoms with Gasteiger partial charge in [0.2, 0.25) is 0 Å². The maximum atomic E-state index is 12.1. The van der Waals surface area contributed by atoms with E-state index in [1.165, 1.54) is 5.57 Å². The van der Waals surface area contributed by atoms with Crippen LogP contribution in [-0.2, 0) is 14.3 Å². The fraction of sp³-hybridized carbons (Fsp3) is 0.700. The Morgan fingerprint density at radius 2 is 2.00 bits per heavy atom. The van der Waals surface area contributed by atoms with Crippen LogP contribution in [-0.4, -0.2) is 18.4 Å². The highest BCUT2D eigenvalue weighted by Gasteiger charge is 2.30. The van der Waals surface area contributed by atoms with Crippen molar-refractivity contribution in [3.63, 3.8) is 0 Å². The molecule has 1 aliphatic carbocycles. The molecule has 3 nitrogen and oxygen atoms in total. The molecule has 0 aromatic rings. The predicted octanol–water partition coefficient (Wildman–Crippen LogP) is 5.15. The van der Waals surface area contributed by atoms with Gasteiger partial charge in [0.05, 0.1) is 6.61 Å². The van der Waals surface area contributed by atoms with Gasteiger partial charge in [-0.15, -0.1) is 0 Å². The summed E-state index contributed by atoms with van der Waals surface area (Å²) in [5.41, 5.74) is 2.14. The van der Waals surface area contributed by atoms with Crippen molar-refractivity contribution in [2.24, 2.45) is 5.41 Å². The second-order valence-electron chi connectivity index (χ2n) is 7.19. The van der Waals surface area contributed by atoms with Crippen molar-refractivity contribution in [1.82, 2.24) is 0 Å². The first-order valence-electron chi connectivity index (χ1n) is 8.87. The molecule has 1 saturated carbocycles. The molecule has 0 N–H and O–H groups in total. The molecule has 0 aromatic carbocycles. The highest BCUT2D eigenvalue weighted by atomic mass is 16.5. The van der Waals surface area contributed by atoms with Gasteiger partial charge in [-0.1, -0.05) is 24.6 Å². The monoisotopic (exact) mass is 320 g/mol. The topological polar surface area (TPSA) is 43.4 Å². The maximum absolute atomic E-state index is 12.1. The molecule has 1 atom stereocenters. The van der Waals surface area contributed by atoms with Gasteiger partial charge in [0, 0.05) is 18.4 Å². The Bertz CT molecular complexity index is 469. The SMILES string of the molecule is CCOC(=O)/C(=C/CCC1(C)CCCC(=O)C1)CCC=C(C)C. The summed E-state index contributed by atoms with van der Waals surface area (Å²) in [6.07, 6.45) is 11.1. The fourth-order valence-corrected chi connectivity index (χ4v) is 3.20. The zero-order chi connectivity index (χ0) is 17.3. The zero-order valence-electron chi connectivity index (χ0n) is 15.2. The molecule has 0 aromatic heterocycles. The minimum absolute atomic E-state index is 0.103. The molecule has 130 valence electrons. The normalized spacial score (nSPS) is 21.9. The number of hydrogen-bond donors (Lipinski definition) is 0. The number of rotatable bonds is 8. The number of ketones is 1. The van der Waals surface area contributed by atoms with Crippen molar-refractivity contribution in [2.45, 2.75) is 79.1 Å². The van der Waals surface area contributed by atoms with Crippen LogP contribution in [0.4, 0.5) is 0 Å².